The maximum Gasteiger partial charge on any atom is 0.573 e. The molecule has 0 aliphatic rings. The number of carbonyl (C=O) groups is 1. The number of nitrogens with one attached hydrogen (secondary N) is 1. The number of halogens is 3. The number of H-pyrrole nitrogens is 1. The van der Waals surface area contributed by atoms with Crippen LogP contribution in [0.25, 0.3) is 33.4 Å². The van der Waals surface area contributed by atoms with E-state index in [1.54, 1.807) is 50.6 Å². The summed E-state index contributed by atoms with van der Waals surface area (Å²) in [6.07, 6.45) is -3.26. The van der Waals surface area contributed by atoms with Crippen LogP contribution in [0.2, 0.25) is 0 Å². The number of alkyl halides is 3. The van der Waals surface area contributed by atoms with Crippen molar-refractivity contribution in [2.24, 2.45) is 0 Å². The summed E-state index contributed by atoms with van der Waals surface area (Å²) in [5.74, 6) is -0.620. The van der Waals surface area contributed by atoms with Gasteiger partial charge in [0.05, 0.1) is 5.56 Å². The molecule has 4 rings (SSSR count). The highest BCUT2D eigenvalue weighted by molar-refractivity contribution is 6.01. The van der Waals surface area contributed by atoms with E-state index in [0.29, 0.717) is 33.4 Å². The van der Waals surface area contributed by atoms with Gasteiger partial charge in [0.1, 0.15) is 11.4 Å². The van der Waals surface area contributed by atoms with Gasteiger partial charge in [-0.25, -0.2) is 4.98 Å². The smallest absolute Gasteiger partial charge is 0.405 e. The van der Waals surface area contributed by atoms with Gasteiger partial charge in [-0.2, -0.15) is 5.10 Å². The van der Waals surface area contributed by atoms with Crippen molar-refractivity contribution in [3.05, 3.63) is 60.3 Å². The topological polar surface area (TPSA) is 97.1 Å². The molecule has 4 aromatic rings. The van der Waals surface area contributed by atoms with Crippen molar-refractivity contribution in [3.63, 3.8) is 0 Å². The number of carbonyl (C=O) groups excluding carboxylic acids is 1. The SMILES string of the molecule is CN(C)C(=O)c1cc(-c2cnc3[nH]nc(-c4ccccc4OC(F)(F)F)c3c2)ccc1N. The number of hydrogen-bond donors (Lipinski definition) is 2. The molecular formula is C22H18F3N5O2. The molecule has 0 saturated carbocycles. The molecule has 0 fully saturated rings. The molecule has 0 bridgehead atoms. The largest absolute Gasteiger partial charge is 0.573 e. The molecule has 32 heavy (non-hydrogen) atoms. The van der Waals surface area contributed by atoms with Crippen LogP contribution in [-0.4, -0.2) is 46.4 Å². The molecule has 2 aromatic heterocycles. The summed E-state index contributed by atoms with van der Waals surface area (Å²) in [6, 6.07) is 12.5. The van der Waals surface area contributed by atoms with Gasteiger partial charge in [-0.1, -0.05) is 18.2 Å². The van der Waals surface area contributed by atoms with Crippen LogP contribution in [0.3, 0.4) is 0 Å². The number of nitrogen functional groups attached to an aromatic ring is 1. The van der Waals surface area contributed by atoms with E-state index in [-0.39, 0.29) is 22.9 Å². The fourth-order valence-electron chi connectivity index (χ4n) is 3.30. The average Bonchev–Trinajstić information content (AvgIpc) is 3.16. The van der Waals surface area contributed by atoms with Crippen molar-refractivity contribution in [2.45, 2.75) is 6.36 Å². The normalized spacial score (nSPS) is 11.5. The zero-order valence-corrected chi connectivity index (χ0v) is 17.1. The van der Waals surface area contributed by atoms with E-state index in [9.17, 15) is 18.0 Å². The Morgan fingerprint density at radius 1 is 1.09 bits per heavy atom. The molecule has 164 valence electrons. The van der Waals surface area contributed by atoms with Crippen molar-refractivity contribution in [2.75, 3.05) is 19.8 Å². The fourth-order valence-corrected chi connectivity index (χ4v) is 3.30. The van der Waals surface area contributed by atoms with Crippen molar-refractivity contribution < 1.29 is 22.7 Å². The van der Waals surface area contributed by atoms with E-state index < -0.39 is 6.36 Å². The van der Waals surface area contributed by atoms with Crippen LogP contribution in [0.4, 0.5) is 18.9 Å². The number of hydrogen-bond acceptors (Lipinski definition) is 5. The third-order valence-electron chi connectivity index (χ3n) is 4.81. The van der Waals surface area contributed by atoms with Crippen LogP contribution < -0.4 is 10.5 Å². The first-order valence-corrected chi connectivity index (χ1v) is 9.45. The number of ether oxygens (including phenoxy) is 1. The minimum absolute atomic E-state index is 0.163. The first-order chi connectivity index (χ1) is 15.1. The molecule has 0 spiro atoms. The highest BCUT2D eigenvalue weighted by Gasteiger charge is 2.32. The lowest BCUT2D eigenvalue weighted by Crippen LogP contribution is -2.22. The Kier molecular flexibility index (Phi) is 5.21. The number of nitrogens with two attached hydrogens (primary N) is 1. The molecule has 0 unspecified atom stereocenters. The summed E-state index contributed by atoms with van der Waals surface area (Å²) in [5, 5.41) is 7.39. The standard InChI is InChI=1S/C22H18F3N5O2/c1-30(2)21(31)15-9-12(7-8-17(15)26)13-10-16-19(28-29-20(16)27-11-13)14-5-3-4-6-18(14)32-22(23,24)25/h3-11H,26H2,1-2H3,(H,27,28,29). The lowest BCUT2D eigenvalue weighted by Gasteiger charge is -2.14. The molecule has 1 amide bonds. The Morgan fingerprint density at radius 2 is 1.84 bits per heavy atom. The van der Waals surface area contributed by atoms with Crippen LogP contribution in [-0.2, 0) is 0 Å². The zero-order valence-electron chi connectivity index (χ0n) is 17.1. The first-order valence-electron chi connectivity index (χ1n) is 9.45. The molecule has 0 saturated heterocycles. The van der Waals surface area contributed by atoms with Gasteiger partial charge < -0.3 is 15.4 Å². The van der Waals surface area contributed by atoms with Gasteiger partial charge in [0.2, 0.25) is 0 Å². The fraction of sp³-hybridized carbons (Fsp3) is 0.136. The molecule has 0 atom stereocenters. The Bertz CT molecular complexity index is 1310. The van der Waals surface area contributed by atoms with Crippen molar-refractivity contribution >= 4 is 22.6 Å². The number of amides is 1. The van der Waals surface area contributed by atoms with E-state index in [4.69, 9.17) is 5.73 Å². The van der Waals surface area contributed by atoms with Crippen LogP contribution in [0.5, 0.6) is 5.75 Å². The number of pyridine rings is 1. The van der Waals surface area contributed by atoms with Gasteiger partial charge in [0.15, 0.2) is 5.65 Å². The minimum Gasteiger partial charge on any atom is -0.405 e. The van der Waals surface area contributed by atoms with Crippen LogP contribution in [0, 0.1) is 0 Å². The number of anilines is 1. The second-order valence-electron chi connectivity index (χ2n) is 7.24. The van der Waals surface area contributed by atoms with Crippen molar-refractivity contribution in [3.8, 4) is 28.1 Å². The number of rotatable bonds is 4. The predicted octanol–water partition coefficient (Wildman–Crippen LogP) is 4.47. The minimum atomic E-state index is -4.84. The Hall–Kier alpha value is -4.08. The molecule has 0 radical (unpaired) electrons. The maximum absolute atomic E-state index is 12.9. The number of benzene rings is 2. The van der Waals surface area contributed by atoms with E-state index >= 15 is 0 Å². The molecule has 0 aliphatic carbocycles. The van der Waals surface area contributed by atoms with E-state index in [1.807, 2.05) is 0 Å². The summed E-state index contributed by atoms with van der Waals surface area (Å²) in [4.78, 5) is 18.2. The third-order valence-corrected chi connectivity index (χ3v) is 4.81. The molecule has 0 aliphatic heterocycles. The van der Waals surface area contributed by atoms with E-state index in [0.717, 1.165) is 0 Å². The van der Waals surface area contributed by atoms with Gasteiger partial charge in [-0.15, -0.1) is 13.2 Å². The van der Waals surface area contributed by atoms with E-state index in [2.05, 4.69) is 19.9 Å². The average molecular weight is 441 g/mol. The monoisotopic (exact) mass is 441 g/mol. The number of nitrogens with zero attached hydrogens (tertiary/aromatic N) is 3. The Balaban J connectivity index is 1.82. The molecule has 7 nitrogen and oxygen atoms in total. The summed E-state index contributed by atoms with van der Waals surface area (Å²) < 4.78 is 42.7. The highest BCUT2D eigenvalue weighted by atomic mass is 19.4. The van der Waals surface area contributed by atoms with Gasteiger partial charge in [-0.05, 0) is 35.9 Å². The summed E-state index contributed by atoms with van der Waals surface area (Å²) >= 11 is 0. The van der Waals surface area contributed by atoms with Gasteiger partial charge >= 0.3 is 6.36 Å². The maximum atomic E-state index is 12.9. The number of aromatic amines is 1. The van der Waals surface area contributed by atoms with Gasteiger partial charge in [-0.3, -0.25) is 9.89 Å². The first kappa shape index (κ1) is 21.2. The van der Waals surface area contributed by atoms with Crippen LogP contribution >= 0.6 is 0 Å². The number of para-hydroxylation sites is 1. The molecular weight excluding hydrogens is 423 g/mol. The number of aromatic nitrogens is 3. The Labute approximate surface area is 180 Å². The van der Waals surface area contributed by atoms with E-state index in [1.165, 1.54) is 23.1 Å². The quantitative estimate of drug-likeness (QED) is 0.456. The highest BCUT2D eigenvalue weighted by Crippen LogP contribution is 2.37. The zero-order chi connectivity index (χ0) is 23.0. The van der Waals surface area contributed by atoms with Gasteiger partial charge in [0, 0.05) is 42.5 Å². The van der Waals surface area contributed by atoms with Crippen LogP contribution in [0.1, 0.15) is 10.4 Å². The van der Waals surface area contributed by atoms with Crippen molar-refractivity contribution in [1.29, 1.82) is 0 Å². The second-order valence-corrected chi connectivity index (χ2v) is 7.24. The predicted molar refractivity (Wildman–Crippen MR) is 114 cm³/mol. The second kappa shape index (κ2) is 7.88. The molecule has 2 heterocycles. The van der Waals surface area contributed by atoms with Gasteiger partial charge in [0.25, 0.3) is 5.91 Å². The molecule has 3 N–H and O–H groups in total. The Morgan fingerprint density at radius 3 is 2.56 bits per heavy atom. The lowest BCUT2D eigenvalue weighted by atomic mass is 10.0. The third kappa shape index (κ3) is 4.07. The lowest BCUT2D eigenvalue weighted by molar-refractivity contribution is -0.274. The van der Waals surface area contributed by atoms with Crippen LogP contribution in [0.15, 0.2) is 54.7 Å². The number of fused-ring (bicyclic) bond motifs is 1. The molecule has 10 heteroatoms. The summed E-state index contributed by atoms with van der Waals surface area (Å²) in [7, 11) is 3.25. The van der Waals surface area contributed by atoms with Crippen molar-refractivity contribution in [1.82, 2.24) is 20.1 Å². The molecule has 2 aromatic carbocycles. The summed E-state index contributed by atoms with van der Waals surface area (Å²) in [5.41, 5.74) is 8.77. The summed E-state index contributed by atoms with van der Waals surface area (Å²) in [6.45, 7) is 0.